The molecule has 0 saturated carbocycles. The van der Waals surface area contributed by atoms with Crippen LogP contribution in [-0.2, 0) is 4.79 Å². The largest absolute Gasteiger partial charge is 0.390 e. The summed E-state index contributed by atoms with van der Waals surface area (Å²) in [6.45, 7) is 5.48. The quantitative estimate of drug-likeness (QED) is 0.883. The van der Waals surface area contributed by atoms with E-state index in [-0.39, 0.29) is 5.91 Å². The molecule has 2 aliphatic heterocycles. The Labute approximate surface area is 142 Å². The zero-order valence-corrected chi connectivity index (χ0v) is 14.1. The molecule has 0 bridgehead atoms. The number of carbonyl (C=O) groups excluding carboxylic acids is 1. The predicted octanol–water partition coefficient (Wildman–Crippen LogP) is 1.45. The van der Waals surface area contributed by atoms with Crippen LogP contribution in [0.3, 0.4) is 0 Å². The molecule has 23 heavy (non-hydrogen) atoms. The summed E-state index contributed by atoms with van der Waals surface area (Å²) in [6.07, 6.45) is 1.08. The molecule has 1 aromatic carbocycles. The number of hydrogen-bond acceptors (Lipinski definition) is 4. The molecule has 0 radical (unpaired) electrons. The van der Waals surface area contributed by atoms with Gasteiger partial charge in [0.1, 0.15) is 0 Å². The van der Waals surface area contributed by atoms with Crippen molar-refractivity contribution in [3.63, 3.8) is 0 Å². The molecule has 3 rings (SSSR count). The minimum atomic E-state index is -0.469. The Bertz CT molecular complexity index is 546. The number of benzene rings is 1. The van der Waals surface area contributed by atoms with Crippen molar-refractivity contribution in [3.05, 3.63) is 29.3 Å². The zero-order valence-electron chi connectivity index (χ0n) is 13.3. The van der Waals surface area contributed by atoms with Crippen LogP contribution in [0.25, 0.3) is 0 Å². The van der Waals surface area contributed by atoms with Crippen molar-refractivity contribution < 1.29 is 9.90 Å². The highest BCUT2D eigenvalue weighted by Gasteiger charge is 2.25. The summed E-state index contributed by atoms with van der Waals surface area (Å²) in [5.74, 6) is 0.174. The van der Waals surface area contributed by atoms with Gasteiger partial charge in [0.25, 0.3) is 0 Å². The van der Waals surface area contributed by atoms with Gasteiger partial charge < -0.3 is 14.9 Å². The average Bonchev–Trinajstić information content (AvgIpc) is 2.94. The standard InChI is InChI=1S/C17H24ClN3O2/c18-15-4-1-2-5-16(15)20-10-8-19(9-11-20)12-14(22)13-21-7-3-6-17(21)23/h1-2,4-5,14,22H,3,6-13H2/t14-/m0/s1. The first-order valence-electron chi connectivity index (χ1n) is 8.31. The van der Waals surface area contributed by atoms with Crippen LogP contribution in [0, 0.1) is 0 Å². The van der Waals surface area contributed by atoms with E-state index in [1.165, 1.54) is 0 Å². The van der Waals surface area contributed by atoms with E-state index in [9.17, 15) is 9.90 Å². The summed E-state index contributed by atoms with van der Waals surface area (Å²) >= 11 is 6.25. The summed E-state index contributed by atoms with van der Waals surface area (Å²) in [5, 5.41) is 11.0. The second kappa shape index (κ2) is 7.51. The van der Waals surface area contributed by atoms with Gasteiger partial charge in [0.2, 0.25) is 5.91 Å². The maximum Gasteiger partial charge on any atom is 0.222 e. The number of aliphatic hydroxyl groups excluding tert-OH is 1. The van der Waals surface area contributed by atoms with Gasteiger partial charge in [-0.25, -0.2) is 0 Å². The molecule has 126 valence electrons. The van der Waals surface area contributed by atoms with E-state index in [2.05, 4.69) is 9.80 Å². The summed E-state index contributed by atoms with van der Waals surface area (Å²) in [5.41, 5.74) is 1.08. The van der Waals surface area contributed by atoms with E-state index < -0.39 is 6.10 Å². The van der Waals surface area contributed by atoms with E-state index in [4.69, 9.17) is 11.6 Å². The molecule has 1 atom stereocenters. The molecule has 6 heteroatoms. The molecule has 0 spiro atoms. The van der Waals surface area contributed by atoms with E-state index in [1.807, 2.05) is 24.3 Å². The van der Waals surface area contributed by atoms with Gasteiger partial charge in [-0.2, -0.15) is 0 Å². The van der Waals surface area contributed by atoms with Gasteiger partial charge in [0.15, 0.2) is 0 Å². The number of amides is 1. The molecule has 2 aliphatic rings. The normalized spacial score (nSPS) is 21.0. The van der Waals surface area contributed by atoms with Gasteiger partial charge in [-0.1, -0.05) is 23.7 Å². The smallest absolute Gasteiger partial charge is 0.222 e. The minimum Gasteiger partial charge on any atom is -0.390 e. The Morgan fingerprint density at radius 2 is 1.83 bits per heavy atom. The zero-order chi connectivity index (χ0) is 16.2. The first kappa shape index (κ1) is 16.6. The molecule has 0 aliphatic carbocycles. The molecular formula is C17H24ClN3O2. The molecule has 2 fully saturated rings. The summed E-state index contributed by atoms with van der Waals surface area (Å²) in [6, 6.07) is 7.91. The Morgan fingerprint density at radius 3 is 2.48 bits per heavy atom. The van der Waals surface area contributed by atoms with E-state index in [0.717, 1.165) is 49.9 Å². The molecule has 2 heterocycles. The van der Waals surface area contributed by atoms with Gasteiger partial charge in [-0.3, -0.25) is 9.69 Å². The number of halogens is 1. The topological polar surface area (TPSA) is 47.0 Å². The summed E-state index contributed by atoms with van der Waals surface area (Å²) < 4.78 is 0. The molecule has 1 N–H and O–H groups in total. The number of para-hydroxylation sites is 1. The molecule has 0 aromatic heterocycles. The van der Waals surface area contributed by atoms with Crippen molar-refractivity contribution in [2.24, 2.45) is 0 Å². The lowest BCUT2D eigenvalue weighted by atomic mass is 10.2. The van der Waals surface area contributed by atoms with Crippen LogP contribution in [0.4, 0.5) is 5.69 Å². The fourth-order valence-corrected chi connectivity index (χ4v) is 3.64. The Balaban J connectivity index is 1.45. The van der Waals surface area contributed by atoms with Gasteiger partial charge >= 0.3 is 0 Å². The highest BCUT2D eigenvalue weighted by molar-refractivity contribution is 6.33. The second-order valence-corrected chi connectivity index (χ2v) is 6.74. The number of likely N-dealkylation sites (tertiary alicyclic amines) is 1. The van der Waals surface area contributed by atoms with Crippen molar-refractivity contribution in [3.8, 4) is 0 Å². The maximum atomic E-state index is 11.6. The number of anilines is 1. The molecule has 1 aromatic rings. The summed E-state index contributed by atoms with van der Waals surface area (Å²) in [7, 11) is 0. The lowest BCUT2D eigenvalue weighted by Gasteiger charge is -2.37. The maximum absolute atomic E-state index is 11.6. The highest BCUT2D eigenvalue weighted by Crippen LogP contribution is 2.26. The van der Waals surface area contributed by atoms with Crippen LogP contribution < -0.4 is 4.90 Å². The number of aliphatic hydroxyl groups is 1. The van der Waals surface area contributed by atoms with Gasteiger partial charge in [0, 0.05) is 52.2 Å². The van der Waals surface area contributed by atoms with Crippen molar-refractivity contribution in [2.75, 3.05) is 50.7 Å². The van der Waals surface area contributed by atoms with E-state index in [1.54, 1.807) is 4.90 Å². The second-order valence-electron chi connectivity index (χ2n) is 6.34. The predicted molar refractivity (Wildman–Crippen MR) is 91.9 cm³/mol. The summed E-state index contributed by atoms with van der Waals surface area (Å²) in [4.78, 5) is 17.9. The third-order valence-electron chi connectivity index (χ3n) is 4.64. The number of piperazine rings is 1. The van der Waals surface area contributed by atoms with Gasteiger partial charge in [0.05, 0.1) is 16.8 Å². The molecule has 2 saturated heterocycles. The van der Waals surface area contributed by atoms with Gasteiger partial charge in [-0.05, 0) is 18.6 Å². The van der Waals surface area contributed by atoms with Gasteiger partial charge in [-0.15, -0.1) is 0 Å². The van der Waals surface area contributed by atoms with E-state index >= 15 is 0 Å². The number of carbonyl (C=O) groups is 1. The minimum absolute atomic E-state index is 0.174. The third kappa shape index (κ3) is 4.16. The Morgan fingerprint density at radius 1 is 1.09 bits per heavy atom. The first-order valence-corrected chi connectivity index (χ1v) is 8.69. The number of hydrogen-bond donors (Lipinski definition) is 1. The Hall–Kier alpha value is -1.30. The first-order chi connectivity index (χ1) is 11.1. The third-order valence-corrected chi connectivity index (χ3v) is 4.96. The van der Waals surface area contributed by atoms with Crippen molar-refractivity contribution >= 4 is 23.2 Å². The van der Waals surface area contributed by atoms with Crippen LogP contribution in [0.15, 0.2) is 24.3 Å². The van der Waals surface area contributed by atoms with Crippen LogP contribution in [0.1, 0.15) is 12.8 Å². The lowest BCUT2D eigenvalue weighted by Crippen LogP contribution is -2.50. The van der Waals surface area contributed by atoms with E-state index in [0.29, 0.717) is 19.5 Å². The van der Waals surface area contributed by atoms with Crippen LogP contribution in [0.2, 0.25) is 5.02 Å². The SMILES string of the molecule is O=C1CCCN1C[C@@H](O)CN1CCN(c2ccccc2Cl)CC1. The van der Waals surface area contributed by atoms with Crippen LogP contribution in [-0.4, -0.2) is 72.7 Å². The van der Waals surface area contributed by atoms with Crippen LogP contribution in [0.5, 0.6) is 0 Å². The number of nitrogens with zero attached hydrogens (tertiary/aromatic N) is 3. The number of β-amino-alcohol motifs (C(OH)–C–C–N with tert-alkyl or cyclic N) is 1. The molecule has 1 amide bonds. The number of rotatable bonds is 5. The lowest BCUT2D eigenvalue weighted by molar-refractivity contribution is -0.129. The van der Waals surface area contributed by atoms with Crippen molar-refractivity contribution in [1.29, 1.82) is 0 Å². The van der Waals surface area contributed by atoms with Crippen LogP contribution >= 0.6 is 11.6 Å². The fourth-order valence-electron chi connectivity index (χ4n) is 3.39. The average molecular weight is 338 g/mol. The molecular weight excluding hydrogens is 314 g/mol. The molecule has 0 unspecified atom stereocenters. The Kier molecular flexibility index (Phi) is 5.41. The van der Waals surface area contributed by atoms with Crippen molar-refractivity contribution in [1.82, 2.24) is 9.80 Å². The monoisotopic (exact) mass is 337 g/mol. The fraction of sp³-hybridized carbons (Fsp3) is 0.588. The molecule has 5 nitrogen and oxygen atoms in total. The highest BCUT2D eigenvalue weighted by atomic mass is 35.5. The van der Waals surface area contributed by atoms with Crippen molar-refractivity contribution in [2.45, 2.75) is 18.9 Å².